The second-order valence-corrected chi connectivity index (χ2v) is 5.63. The topological polar surface area (TPSA) is 33.6 Å². The highest BCUT2D eigenvalue weighted by Crippen LogP contribution is 2.35. The fraction of sp³-hybridized carbons (Fsp3) is 0.167. The van der Waals surface area contributed by atoms with Crippen LogP contribution >= 0.6 is 0 Å². The van der Waals surface area contributed by atoms with Crippen LogP contribution in [0.15, 0.2) is 65.8 Å². The number of alkyl halides is 6. The number of allylic oxidation sites excluding steroid dienone is 1. The van der Waals surface area contributed by atoms with Gasteiger partial charge in [0.2, 0.25) is 0 Å². The molecule has 9 heteroatoms. The van der Waals surface area contributed by atoms with E-state index in [0.29, 0.717) is 0 Å². The number of nitrogens with one attached hydrogen (secondary N) is 1. The van der Waals surface area contributed by atoms with E-state index in [2.05, 4.69) is 10.3 Å². The van der Waals surface area contributed by atoms with E-state index in [0.717, 1.165) is 36.4 Å². The maximum Gasteiger partial charge on any atom is 0.416 e. The molecule has 0 radical (unpaired) electrons. The third-order valence-corrected chi connectivity index (χ3v) is 3.75. The molecular weight excluding hydrogens is 374 g/mol. The zero-order chi connectivity index (χ0) is 19.7. The number of aliphatic imine (C=N–C) groups is 1. The van der Waals surface area contributed by atoms with Crippen LogP contribution < -0.4 is 10.1 Å². The van der Waals surface area contributed by atoms with Gasteiger partial charge in [0.15, 0.2) is 0 Å². The number of ether oxygens (including phenoxy) is 1. The molecule has 27 heavy (non-hydrogen) atoms. The van der Waals surface area contributed by atoms with E-state index in [4.69, 9.17) is 4.74 Å². The Hall–Kier alpha value is -2.97. The van der Waals surface area contributed by atoms with Crippen LogP contribution in [0.5, 0.6) is 5.75 Å². The number of nitrogens with zero attached hydrogens (tertiary/aromatic N) is 1. The second-order valence-electron chi connectivity index (χ2n) is 5.63. The highest BCUT2D eigenvalue weighted by atomic mass is 19.4. The average Bonchev–Trinajstić information content (AvgIpc) is 2.61. The third kappa shape index (κ3) is 4.07. The van der Waals surface area contributed by atoms with Crippen molar-refractivity contribution in [1.29, 1.82) is 0 Å². The molecular formula is C18H12F6N2O. The minimum Gasteiger partial charge on any atom is -0.444 e. The van der Waals surface area contributed by atoms with E-state index in [1.165, 1.54) is 30.6 Å². The second kappa shape index (κ2) is 6.64. The van der Waals surface area contributed by atoms with Crippen molar-refractivity contribution in [2.24, 2.45) is 4.99 Å². The van der Waals surface area contributed by atoms with Gasteiger partial charge in [0.05, 0.1) is 11.1 Å². The maximum absolute atomic E-state index is 12.9. The SMILES string of the molecule is FC(F)(F)c1ccc(C2(Oc3cccc(C(F)(F)F)c3)N=CC=CN2)cc1. The van der Waals surface area contributed by atoms with Gasteiger partial charge in [-0.1, -0.05) is 18.2 Å². The molecule has 0 aliphatic carbocycles. The van der Waals surface area contributed by atoms with E-state index in [9.17, 15) is 26.3 Å². The first-order chi connectivity index (χ1) is 12.6. The summed E-state index contributed by atoms with van der Waals surface area (Å²) >= 11 is 0. The van der Waals surface area contributed by atoms with Crippen LogP contribution in [0.25, 0.3) is 0 Å². The van der Waals surface area contributed by atoms with Crippen LogP contribution in [0.4, 0.5) is 26.3 Å². The van der Waals surface area contributed by atoms with E-state index in [-0.39, 0.29) is 11.3 Å². The predicted molar refractivity (Wildman–Crippen MR) is 86.0 cm³/mol. The van der Waals surface area contributed by atoms with Crippen LogP contribution in [0.2, 0.25) is 0 Å². The fourth-order valence-electron chi connectivity index (χ4n) is 2.45. The molecule has 2 aromatic rings. The van der Waals surface area contributed by atoms with E-state index >= 15 is 0 Å². The zero-order valence-electron chi connectivity index (χ0n) is 13.5. The standard InChI is InChI=1S/C18H12F6N2O/c19-16(20,21)12-5-7-13(8-6-12)18(25-9-2-10-26-18)27-15-4-1-3-14(11-15)17(22,23)24/h1-11,25H. The Morgan fingerprint density at radius 3 is 2.07 bits per heavy atom. The zero-order valence-corrected chi connectivity index (χ0v) is 13.5. The van der Waals surface area contributed by atoms with Crippen molar-refractivity contribution >= 4 is 6.21 Å². The highest BCUT2D eigenvalue weighted by molar-refractivity contribution is 5.72. The number of benzene rings is 2. The number of rotatable bonds is 3. The van der Waals surface area contributed by atoms with Crippen molar-refractivity contribution in [2.75, 3.05) is 0 Å². The Labute approximate surface area is 150 Å². The summed E-state index contributed by atoms with van der Waals surface area (Å²) in [6.45, 7) is 0. The molecule has 3 nitrogen and oxygen atoms in total. The quantitative estimate of drug-likeness (QED) is 0.745. The Morgan fingerprint density at radius 1 is 0.852 bits per heavy atom. The van der Waals surface area contributed by atoms with Gasteiger partial charge < -0.3 is 10.1 Å². The molecule has 1 aliphatic heterocycles. The third-order valence-electron chi connectivity index (χ3n) is 3.75. The first-order valence-corrected chi connectivity index (χ1v) is 7.62. The van der Waals surface area contributed by atoms with Gasteiger partial charge in [-0.3, -0.25) is 0 Å². The normalized spacial score (nSPS) is 19.6. The molecule has 3 rings (SSSR count). The molecule has 1 atom stereocenters. The summed E-state index contributed by atoms with van der Waals surface area (Å²) in [7, 11) is 0. The Bertz CT molecular complexity index is 871. The highest BCUT2D eigenvalue weighted by Gasteiger charge is 2.37. The van der Waals surface area contributed by atoms with Gasteiger partial charge in [0.25, 0.3) is 0 Å². The van der Waals surface area contributed by atoms with Gasteiger partial charge in [-0.2, -0.15) is 26.3 Å². The molecule has 0 aromatic heterocycles. The lowest BCUT2D eigenvalue weighted by Crippen LogP contribution is -2.44. The van der Waals surface area contributed by atoms with Gasteiger partial charge in [0.1, 0.15) is 5.75 Å². The molecule has 2 aromatic carbocycles. The summed E-state index contributed by atoms with van der Waals surface area (Å²) in [4.78, 5) is 4.10. The van der Waals surface area contributed by atoms with E-state index < -0.39 is 29.3 Å². The lowest BCUT2D eigenvalue weighted by atomic mass is 10.1. The molecule has 1 unspecified atom stereocenters. The Balaban J connectivity index is 1.97. The number of halogens is 6. The average molecular weight is 386 g/mol. The van der Waals surface area contributed by atoms with Gasteiger partial charge in [-0.25, -0.2) is 4.99 Å². The van der Waals surface area contributed by atoms with Crippen molar-refractivity contribution in [3.63, 3.8) is 0 Å². The first kappa shape index (κ1) is 18.8. The molecule has 0 fully saturated rings. The predicted octanol–water partition coefficient (Wildman–Crippen LogP) is 5.10. The Morgan fingerprint density at radius 2 is 1.52 bits per heavy atom. The van der Waals surface area contributed by atoms with Crippen LogP contribution in [0.3, 0.4) is 0 Å². The monoisotopic (exact) mass is 386 g/mol. The molecule has 0 spiro atoms. The molecule has 1 aliphatic rings. The van der Waals surface area contributed by atoms with E-state index in [1.807, 2.05) is 0 Å². The minimum atomic E-state index is -4.57. The maximum atomic E-state index is 12.9. The van der Waals surface area contributed by atoms with Gasteiger partial charge in [-0.05, 0) is 36.4 Å². The smallest absolute Gasteiger partial charge is 0.416 e. The van der Waals surface area contributed by atoms with Crippen molar-refractivity contribution in [3.8, 4) is 5.75 Å². The summed E-state index contributed by atoms with van der Waals surface area (Å²) < 4.78 is 82.7. The minimum absolute atomic E-state index is 0.148. The van der Waals surface area contributed by atoms with Crippen molar-refractivity contribution < 1.29 is 31.1 Å². The summed E-state index contributed by atoms with van der Waals surface area (Å²) in [5, 5.41) is 2.75. The first-order valence-electron chi connectivity index (χ1n) is 7.62. The lowest BCUT2D eigenvalue weighted by Gasteiger charge is -2.32. The number of hydrogen-bond acceptors (Lipinski definition) is 3. The molecule has 0 saturated carbocycles. The summed E-state index contributed by atoms with van der Waals surface area (Å²) in [6, 6.07) is 8.15. The Kier molecular flexibility index (Phi) is 4.63. The molecule has 0 bridgehead atoms. The van der Waals surface area contributed by atoms with Crippen molar-refractivity contribution in [2.45, 2.75) is 18.2 Å². The van der Waals surface area contributed by atoms with Crippen LogP contribution in [0.1, 0.15) is 16.7 Å². The fourth-order valence-corrected chi connectivity index (χ4v) is 2.45. The molecule has 0 amide bonds. The molecule has 0 saturated heterocycles. The molecule has 142 valence electrons. The summed E-state index contributed by atoms with van der Waals surface area (Å²) in [5.74, 6) is -1.84. The van der Waals surface area contributed by atoms with Gasteiger partial charge in [-0.15, -0.1) is 0 Å². The van der Waals surface area contributed by atoms with Gasteiger partial charge >= 0.3 is 18.2 Å². The van der Waals surface area contributed by atoms with Gasteiger partial charge in [0, 0.05) is 18.0 Å². The van der Waals surface area contributed by atoms with Crippen LogP contribution in [-0.2, 0) is 18.2 Å². The summed E-state index contributed by atoms with van der Waals surface area (Å²) in [5.41, 5.74) is -1.60. The van der Waals surface area contributed by atoms with Crippen molar-refractivity contribution in [1.82, 2.24) is 5.32 Å². The number of hydrogen-bond donors (Lipinski definition) is 1. The largest absolute Gasteiger partial charge is 0.444 e. The molecule has 1 heterocycles. The van der Waals surface area contributed by atoms with Crippen LogP contribution in [0, 0.1) is 0 Å². The van der Waals surface area contributed by atoms with E-state index in [1.54, 1.807) is 0 Å². The van der Waals surface area contributed by atoms with Crippen LogP contribution in [-0.4, -0.2) is 6.21 Å². The van der Waals surface area contributed by atoms with Crippen molar-refractivity contribution in [3.05, 3.63) is 77.5 Å². The lowest BCUT2D eigenvalue weighted by molar-refractivity contribution is -0.138. The summed E-state index contributed by atoms with van der Waals surface area (Å²) in [6.07, 6.45) is -4.81. The molecule has 1 N–H and O–H groups in total.